The highest BCUT2D eigenvalue weighted by molar-refractivity contribution is 7.09. The van der Waals surface area contributed by atoms with Crippen LogP contribution in [0, 0.1) is 5.41 Å². The molecule has 0 bridgehead atoms. The molecule has 19 heavy (non-hydrogen) atoms. The van der Waals surface area contributed by atoms with E-state index in [2.05, 4.69) is 17.5 Å². The van der Waals surface area contributed by atoms with Crippen LogP contribution in [0.4, 0.5) is 0 Å². The Morgan fingerprint density at radius 2 is 2.05 bits per heavy atom. The number of rotatable bonds is 4. The Morgan fingerprint density at radius 1 is 1.26 bits per heavy atom. The predicted octanol–water partition coefficient (Wildman–Crippen LogP) is 3.78. The number of thiophene rings is 1. The average Bonchev–Trinajstić information content (AvgIpc) is 2.78. The third kappa shape index (κ3) is 2.74. The van der Waals surface area contributed by atoms with Gasteiger partial charge in [-0.2, -0.15) is 0 Å². The van der Waals surface area contributed by atoms with Crippen LogP contribution in [0.1, 0.15) is 49.8 Å². The molecule has 1 spiro atoms. The Morgan fingerprint density at radius 3 is 2.68 bits per heavy atom. The molecule has 2 nitrogen and oxygen atoms in total. The van der Waals surface area contributed by atoms with Gasteiger partial charge in [-0.1, -0.05) is 31.7 Å². The number of hydrogen-bond acceptors (Lipinski definition) is 3. The highest BCUT2D eigenvalue weighted by Gasteiger charge is 2.54. The van der Waals surface area contributed by atoms with Gasteiger partial charge in [-0.25, -0.2) is 0 Å². The van der Waals surface area contributed by atoms with E-state index in [1.165, 1.54) is 30.6 Å². The van der Waals surface area contributed by atoms with Crippen LogP contribution in [0.5, 0.6) is 0 Å². The molecule has 2 saturated carbocycles. The van der Waals surface area contributed by atoms with E-state index < -0.39 is 0 Å². The Kier molecular flexibility index (Phi) is 4.25. The van der Waals surface area contributed by atoms with E-state index in [9.17, 15) is 5.11 Å². The first-order valence-electron chi connectivity index (χ1n) is 7.63. The molecule has 2 unspecified atom stereocenters. The average molecular weight is 280 g/mol. The topological polar surface area (TPSA) is 29.5 Å². The van der Waals surface area contributed by atoms with Crippen LogP contribution in [0.2, 0.25) is 0 Å². The summed E-state index contributed by atoms with van der Waals surface area (Å²) in [6, 6.07) is 4.27. The van der Waals surface area contributed by atoms with Gasteiger partial charge in [0.2, 0.25) is 0 Å². The lowest BCUT2D eigenvalue weighted by molar-refractivity contribution is -0.198. The lowest BCUT2D eigenvalue weighted by atomic mass is 9.59. The molecular formula is C16H24O2S. The summed E-state index contributed by atoms with van der Waals surface area (Å²) in [6.45, 7) is 0.805. The minimum atomic E-state index is -0.114. The van der Waals surface area contributed by atoms with Crippen molar-refractivity contribution >= 4 is 11.3 Å². The summed E-state index contributed by atoms with van der Waals surface area (Å²) in [7, 11) is 0. The van der Waals surface area contributed by atoms with E-state index in [-0.39, 0.29) is 11.5 Å². The third-order valence-electron chi connectivity index (χ3n) is 5.02. The molecule has 0 saturated heterocycles. The van der Waals surface area contributed by atoms with Gasteiger partial charge in [0, 0.05) is 23.1 Å². The van der Waals surface area contributed by atoms with E-state index in [0.29, 0.717) is 6.10 Å². The second kappa shape index (κ2) is 5.94. The van der Waals surface area contributed by atoms with Crippen molar-refractivity contribution in [3.63, 3.8) is 0 Å². The lowest BCUT2D eigenvalue weighted by Crippen LogP contribution is -2.58. The highest BCUT2D eigenvalue weighted by Crippen LogP contribution is 2.52. The zero-order valence-electron chi connectivity index (χ0n) is 11.5. The van der Waals surface area contributed by atoms with Crippen molar-refractivity contribution in [3.05, 3.63) is 22.4 Å². The first kappa shape index (κ1) is 13.6. The molecule has 2 fully saturated rings. The summed E-state index contributed by atoms with van der Waals surface area (Å²) in [6.07, 6.45) is 9.58. The van der Waals surface area contributed by atoms with Crippen LogP contribution in [0.25, 0.3) is 0 Å². The first-order valence-corrected chi connectivity index (χ1v) is 8.51. The summed E-state index contributed by atoms with van der Waals surface area (Å²) in [4.78, 5) is 1.40. The summed E-state index contributed by atoms with van der Waals surface area (Å²) >= 11 is 1.80. The fraction of sp³-hybridized carbons (Fsp3) is 0.750. The fourth-order valence-corrected chi connectivity index (χ4v) is 4.45. The van der Waals surface area contributed by atoms with Gasteiger partial charge in [0.05, 0.1) is 18.8 Å². The zero-order chi connectivity index (χ0) is 13.1. The minimum Gasteiger partial charge on any atom is -0.392 e. The molecular weight excluding hydrogens is 256 g/mol. The van der Waals surface area contributed by atoms with E-state index in [1.807, 2.05) is 0 Å². The molecule has 3 rings (SSSR count). The Labute approximate surface area is 119 Å². The van der Waals surface area contributed by atoms with Crippen molar-refractivity contribution in [1.29, 1.82) is 0 Å². The van der Waals surface area contributed by atoms with Crippen molar-refractivity contribution < 1.29 is 9.84 Å². The molecule has 1 aromatic rings. The molecule has 3 heteroatoms. The predicted molar refractivity (Wildman–Crippen MR) is 78.5 cm³/mol. The molecule has 1 N–H and O–H groups in total. The summed E-state index contributed by atoms with van der Waals surface area (Å²) in [5, 5.41) is 12.3. The quantitative estimate of drug-likeness (QED) is 0.909. The standard InChI is InChI=1S/C16H24O2S/c17-14-12-15(16(14)8-3-1-2-4-9-16)18-10-7-13-6-5-11-19-13/h5-6,11,14-15,17H,1-4,7-10,12H2. The van der Waals surface area contributed by atoms with Gasteiger partial charge in [-0.3, -0.25) is 0 Å². The monoisotopic (exact) mass is 280 g/mol. The van der Waals surface area contributed by atoms with Gasteiger partial charge < -0.3 is 9.84 Å². The molecule has 0 radical (unpaired) electrons. The number of ether oxygens (including phenoxy) is 1. The second-order valence-electron chi connectivity index (χ2n) is 6.09. The van der Waals surface area contributed by atoms with Crippen molar-refractivity contribution in [2.24, 2.45) is 5.41 Å². The maximum absolute atomic E-state index is 10.2. The van der Waals surface area contributed by atoms with Gasteiger partial charge in [-0.05, 0) is 24.3 Å². The molecule has 0 aromatic carbocycles. The van der Waals surface area contributed by atoms with E-state index in [4.69, 9.17) is 4.74 Å². The highest BCUT2D eigenvalue weighted by atomic mass is 32.1. The van der Waals surface area contributed by atoms with E-state index in [0.717, 1.165) is 32.3 Å². The smallest absolute Gasteiger partial charge is 0.0681 e. The molecule has 2 aliphatic rings. The first-order chi connectivity index (χ1) is 9.31. The van der Waals surface area contributed by atoms with Crippen LogP contribution >= 0.6 is 11.3 Å². The van der Waals surface area contributed by atoms with E-state index >= 15 is 0 Å². The maximum atomic E-state index is 10.2. The fourth-order valence-electron chi connectivity index (χ4n) is 3.76. The van der Waals surface area contributed by atoms with Gasteiger partial charge in [-0.15, -0.1) is 11.3 Å². The molecule has 0 amide bonds. The largest absolute Gasteiger partial charge is 0.392 e. The van der Waals surface area contributed by atoms with Crippen molar-refractivity contribution in [2.75, 3.05) is 6.61 Å². The molecule has 2 atom stereocenters. The molecule has 2 aliphatic carbocycles. The molecule has 106 valence electrons. The maximum Gasteiger partial charge on any atom is 0.0681 e. The van der Waals surface area contributed by atoms with Gasteiger partial charge >= 0.3 is 0 Å². The van der Waals surface area contributed by atoms with Gasteiger partial charge in [0.15, 0.2) is 0 Å². The zero-order valence-corrected chi connectivity index (χ0v) is 12.3. The van der Waals surface area contributed by atoms with Crippen LogP contribution in [-0.2, 0) is 11.2 Å². The van der Waals surface area contributed by atoms with Crippen LogP contribution in [-0.4, -0.2) is 23.9 Å². The Hall–Kier alpha value is -0.380. The molecule has 1 heterocycles. The summed E-state index contributed by atoms with van der Waals surface area (Å²) in [5.74, 6) is 0. The number of hydrogen-bond donors (Lipinski definition) is 1. The minimum absolute atomic E-state index is 0.103. The number of aliphatic hydroxyl groups excluding tert-OH is 1. The van der Waals surface area contributed by atoms with E-state index in [1.54, 1.807) is 11.3 Å². The van der Waals surface area contributed by atoms with Gasteiger partial charge in [0.1, 0.15) is 0 Å². The van der Waals surface area contributed by atoms with Crippen LogP contribution in [0.15, 0.2) is 17.5 Å². The SMILES string of the molecule is OC1CC(OCCc2cccs2)C12CCCCCC2. The van der Waals surface area contributed by atoms with Crippen molar-refractivity contribution in [2.45, 2.75) is 63.6 Å². The normalized spacial score (nSPS) is 29.9. The molecule has 0 aliphatic heterocycles. The third-order valence-corrected chi connectivity index (χ3v) is 5.96. The van der Waals surface area contributed by atoms with Crippen LogP contribution < -0.4 is 0 Å². The van der Waals surface area contributed by atoms with Crippen LogP contribution in [0.3, 0.4) is 0 Å². The summed E-state index contributed by atoms with van der Waals surface area (Å²) < 4.78 is 6.12. The van der Waals surface area contributed by atoms with Crippen molar-refractivity contribution in [3.8, 4) is 0 Å². The van der Waals surface area contributed by atoms with Crippen molar-refractivity contribution in [1.82, 2.24) is 0 Å². The lowest BCUT2D eigenvalue weighted by Gasteiger charge is -2.53. The Balaban J connectivity index is 1.52. The number of aliphatic hydroxyl groups is 1. The summed E-state index contributed by atoms with van der Waals surface area (Å²) in [5.41, 5.74) is 0.103. The molecule has 1 aromatic heterocycles. The van der Waals surface area contributed by atoms with Gasteiger partial charge in [0.25, 0.3) is 0 Å². The Bertz CT molecular complexity index is 379. The second-order valence-corrected chi connectivity index (χ2v) is 7.12.